The summed E-state index contributed by atoms with van der Waals surface area (Å²) >= 11 is 1.59. The largest absolute Gasteiger partial charge is 0.290 e. The van der Waals surface area contributed by atoms with E-state index in [4.69, 9.17) is 4.98 Å². The number of amides is 1. The third kappa shape index (κ3) is 3.19. The molecule has 1 amide bonds. The minimum atomic E-state index is -0.244. The van der Waals surface area contributed by atoms with Crippen LogP contribution in [-0.2, 0) is 0 Å². The predicted molar refractivity (Wildman–Crippen MR) is 105 cm³/mol. The van der Waals surface area contributed by atoms with E-state index in [1.807, 2.05) is 67.8 Å². The number of para-hydroxylation sites is 1. The number of pyridine rings is 1. The van der Waals surface area contributed by atoms with E-state index in [0.29, 0.717) is 11.5 Å². The number of thiophene rings is 1. The first kappa shape index (κ1) is 16.4. The Hall–Kier alpha value is -3.12. The summed E-state index contributed by atoms with van der Waals surface area (Å²) in [6.45, 7) is 3.75. The molecule has 1 aromatic carbocycles. The van der Waals surface area contributed by atoms with Gasteiger partial charge < -0.3 is 0 Å². The summed E-state index contributed by atoms with van der Waals surface area (Å²) < 4.78 is 0. The van der Waals surface area contributed by atoms with Crippen LogP contribution in [0.25, 0.3) is 21.5 Å². The van der Waals surface area contributed by atoms with Gasteiger partial charge in [-0.1, -0.05) is 24.3 Å². The average Bonchev–Trinajstić information content (AvgIpc) is 3.14. The number of carbonyl (C=O) groups is 1. The van der Waals surface area contributed by atoms with Crippen molar-refractivity contribution in [1.82, 2.24) is 15.0 Å². The first-order valence-electron chi connectivity index (χ1n) is 8.17. The van der Waals surface area contributed by atoms with Crippen molar-refractivity contribution in [3.05, 3.63) is 70.9 Å². The van der Waals surface area contributed by atoms with Gasteiger partial charge in [0.05, 0.1) is 21.7 Å². The molecule has 0 saturated carbocycles. The molecule has 3 heterocycles. The summed E-state index contributed by atoms with van der Waals surface area (Å²) in [7, 11) is 0. The van der Waals surface area contributed by atoms with Gasteiger partial charge in [0.2, 0.25) is 5.95 Å². The van der Waals surface area contributed by atoms with E-state index in [2.05, 4.69) is 15.3 Å². The number of aromatic nitrogens is 3. The number of aryl methyl sites for hydroxylation is 2. The van der Waals surface area contributed by atoms with Gasteiger partial charge >= 0.3 is 0 Å². The minimum Gasteiger partial charge on any atom is -0.290 e. The van der Waals surface area contributed by atoms with Crippen LogP contribution in [0, 0.1) is 13.8 Å². The molecule has 26 heavy (non-hydrogen) atoms. The summed E-state index contributed by atoms with van der Waals surface area (Å²) in [6.07, 6.45) is 0. The Labute approximate surface area is 154 Å². The Balaban J connectivity index is 1.80. The smallest absolute Gasteiger partial charge is 0.258 e. The predicted octanol–water partition coefficient (Wildman–Crippen LogP) is 4.62. The highest BCUT2D eigenvalue weighted by Crippen LogP contribution is 2.28. The molecule has 0 aliphatic heterocycles. The molecule has 4 rings (SSSR count). The van der Waals surface area contributed by atoms with Crippen LogP contribution in [0.2, 0.25) is 0 Å². The van der Waals surface area contributed by atoms with Crippen LogP contribution in [-0.4, -0.2) is 20.9 Å². The number of hydrogen-bond acceptors (Lipinski definition) is 5. The first-order chi connectivity index (χ1) is 12.6. The quantitative estimate of drug-likeness (QED) is 0.579. The standard InChI is InChI=1S/C20H16N4OS/c1-12-10-13(2)22-20(21-12)24-19(25)15-11-17(18-8-5-9-26-18)23-16-7-4-3-6-14(15)16/h3-11H,1-2H3,(H,21,22,24,25). The van der Waals surface area contributed by atoms with Gasteiger partial charge in [0.1, 0.15) is 0 Å². The summed E-state index contributed by atoms with van der Waals surface area (Å²) in [5, 5.41) is 5.61. The van der Waals surface area contributed by atoms with E-state index in [1.165, 1.54) is 0 Å². The maximum atomic E-state index is 13.0. The second kappa shape index (κ2) is 6.65. The molecule has 0 unspecified atom stereocenters. The van der Waals surface area contributed by atoms with Crippen molar-refractivity contribution in [3.63, 3.8) is 0 Å². The second-order valence-electron chi connectivity index (χ2n) is 5.98. The maximum Gasteiger partial charge on any atom is 0.258 e. The highest BCUT2D eigenvalue weighted by molar-refractivity contribution is 7.13. The number of carbonyl (C=O) groups excluding carboxylic acids is 1. The normalized spacial score (nSPS) is 10.8. The Morgan fingerprint density at radius 2 is 1.73 bits per heavy atom. The minimum absolute atomic E-state index is 0.244. The van der Waals surface area contributed by atoms with Crippen molar-refractivity contribution in [3.8, 4) is 10.6 Å². The van der Waals surface area contributed by atoms with E-state index < -0.39 is 0 Å². The van der Waals surface area contributed by atoms with Crippen molar-refractivity contribution >= 4 is 34.1 Å². The molecular formula is C20H16N4OS. The van der Waals surface area contributed by atoms with E-state index in [9.17, 15) is 4.79 Å². The molecule has 0 aliphatic carbocycles. The van der Waals surface area contributed by atoms with Crippen LogP contribution in [0.15, 0.2) is 53.9 Å². The van der Waals surface area contributed by atoms with Crippen LogP contribution in [0.5, 0.6) is 0 Å². The van der Waals surface area contributed by atoms with Crippen LogP contribution in [0.3, 0.4) is 0 Å². The van der Waals surface area contributed by atoms with Crippen LogP contribution in [0.4, 0.5) is 5.95 Å². The Morgan fingerprint density at radius 3 is 2.46 bits per heavy atom. The zero-order chi connectivity index (χ0) is 18.1. The SMILES string of the molecule is Cc1cc(C)nc(NC(=O)c2cc(-c3cccs3)nc3ccccc23)n1. The zero-order valence-corrected chi connectivity index (χ0v) is 15.2. The third-order valence-corrected chi connectivity index (χ3v) is 4.83. The fourth-order valence-electron chi connectivity index (χ4n) is 2.86. The van der Waals surface area contributed by atoms with E-state index in [1.54, 1.807) is 11.3 Å². The van der Waals surface area contributed by atoms with Gasteiger partial charge in [-0.15, -0.1) is 11.3 Å². The van der Waals surface area contributed by atoms with Gasteiger partial charge in [0.25, 0.3) is 5.91 Å². The molecule has 128 valence electrons. The van der Waals surface area contributed by atoms with Gasteiger partial charge in [-0.25, -0.2) is 15.0 Å². The van der Waals surface area contributed by atoms with Crippen molar-refractivity contribution in [1.29, 1.82) is 0 Å². The summed E-state index contributed by atoms with van der Waals surface area (Å²) in [5.74, 6) is 0.0671. The molecule has 0 radical (unpaired) electrons. The number of nitrogens with one attached hydrogen (secondary N) is 1. The molecule has 0 fully saturated rings. The highest BCUT2D eigenvalue weighted by atomic mass is 32.1. The van der Waals surface area contributed by atoms with Crippen molar-refractivity contribution in [2.24, 2.45) is 0 Å². The fourth-order valence-corrected chi connectivity index (χ4v) is 3.55. The lowest BCUT2D eigenvalue weighted by molar-refractivity contribution is 0.102. The van der Waals surface area contributed by atoms with Crippen LogP contribution < -0.4 is 5.32 Å². The fraction of sp³-hybridized carbons (Fsp3) is 0.100. The average molecular weight is 360 g/mol. The summed E-state index contributed by atoms with van der Waals surface area (Å²) in [6, 6.07) is 15.3. The highest BCUT2D eigenvalue weighted by Gasteiger charge is 2.15. The Kier molecular flexibility index (Phi) is 4.18. The van der Waals surface area contributed by atoms with Gasteiger partial charge in [-0.3, -0.25) is 10.1 Å². The number of fused-ring (bicyclic) bond motifs is 1. The molecule has 0 spiro atoms. The number of rotatable bonds is 3. The van der Waals surface area contributed by atoms with Crippen LogP contribution >= 0.6 is 11.3 Å². The molecule has 0 saturated heterocycles. The lowest BCUT2D eigenvalue weighted by atomic mass is 10.1. The second-order valence-corrected chi connectivity index (χ2v) is 6.93. The lowest BCUT2D eigenvalue weighted by Gasteiger charge is -2.10. The van der Waals surface area contributed by atoms with E-state index in [-0.39, 0.29) is 5.91 Å². The Bertz CT molecular complexity index is 1090. The van der Waals surface area contributed by atoms with Gasteiger partial charge in [-0.2, -0.15) is 0 Å². The first-order valence-corrected chi connectivity index (χ1v) is 9.05. The van der Waals surface area contributed by atoms with Crippen LogP contribution in [0.1, 0.15) is 21.7 Å². The molecule has 4 aromatic rings. The van der Waals surface area contributed by atoms with E-state index in [0.717, 1.165) is 32.9 Å². The molecule has 5 nitrogen and oxygen atoms in total. The zero-order valence-electron chi connectivity index (χ0n) is 14.4. The van der Waals surface area contributed by atoms with Crippen molar-refractivity contribution < 1.29 is 4.79 Å². The van der Waals surface area contributed by atoms with Crippen molar-refractivity contribution in [2.75, 3.05) is 5.32 Å². The molecule has 0 aliphatic rings. The number of benzene rings is 1. The summed E-state index contributed by atoms with van der Waals surface area (Å²) in [5.41, 5.74) is 3.75. The Morgan fingerprint density at radius 1 is 0.962 bits per heavy atom. The molecule has 0 bridgehead atoms. The summed E-state index contributed by atoms with van der Waals surface area (Å²) in [4.78, 5) is 27.3. The van der Waals surface area contributed by atoms with Gasteiger partial charge in [0.15, 0.2) is 0 Å². The van der Waals surface area contributed by atoms with Gasteiger partial charge in [0, 0.05) is 16.8 Å². The molecular weight excluding hydrogens is 344 g/mol. The molecule has 3 aromatic heterocycles. The number of hydrogen-bond donors (Lipinski definition) is 1. The molecule has 1 N–H and O–H groups in total. The van der Waals surface area contributed by atoms with Crippen molar-refractivity contribution in [2.45, 2.75) is 13.8 Å². The number of nitrogens with zero attached hydrogens (tertiary/aromatic N) is 3. The molecule has 0 atom stereocenters. The molecule has 6 heteroatoms. The van der Waals surface area contributed by atoms with E-state index >= 15 is 0 Å². The van der Waals surface area contributed by atoms with Gasteiger partial charge in [-0.05, 0) is 43.5 Å². The lowest BCUT2D eigenvalue weighted by Crippen LogP contribution is -2.15. The monoisotopic (exact) mass is 360 g/mol. The number of anilines is 1. The third-order valence-electron chi connectivity index (χ3n) is 3.94. The topological polar surface area (TPSA) is 67.8 Å². The maximum absolute atomic E-state index is 13.0.